The normalized spacial score (nSPS) is 11.8. The fourth-order valence-electron chi connectivity index (χ4n) is 2.38. The molecule has 2 rings (SSSR count). The molecule has 0 unspecified atom stereocenters. The van der Waals surface area contributed by atoms with E-state index in [-0.39, 0.29) is 5.41 Å². The van der Waals surface area contributed by atoms with Crippen molar-refractivity contribution in [1.29, 1.82) is 0 Å². The second kappa shape index (κ2) is 6.17. The summed E-state index contributed by atoms with van der Waals surface area (Å²) >= 11 is 6.84. The van der Waals surface area contributed by atoms with Crippen LogP contribution in [0.4, 0.5) is 0 Å². The monoisotopic (exact) mass is 410 g/mol. The van der Waals surface area contributed by atoms with Gasteiger partial charge in [0.15, 0.2) is 0 Å². The van der Waals surface area contributed by atoms with E-state index in [0.29, 0.717) is 0 Å². The molecule has 4 heteroatoms. The Balaban J connectivity index is 2.41. The maximum absolute atomic E-state index is 4.46. The second-order valence-electron chi connectivity index (χ2n) is 6.44. The highest BCUT2D eigenvalue weighted by Crippen LogP contribution is 2.28. The van der Waals surface area contributed by atoms with Gasteiger partial charge in [-0.1, -0.05) is 32.9 Å². The molecule has 0 aliphatic heterocycles. The Hall–Kier alpha value is -0.740. The molecule has 0 N–H and O–H groups in total. The summed E-state index contributed by atoms with van der Waals surface area (Å²) in [6.07, 6.45) is 0.750. The number of hydrogen-bond acceptors (Lipinski definition) is 2. The molecule has 21 heavy (non-hydrogen) atoms. The Morgan fingerprint density at radius 3 is 1.81 bits per heavy atom. The molecule has 0 atom stereocenters. The van der Waals surface area contributed by atoms with E-state index in [9.17, 15) is 0 Å². The lowest BCUT2D eigenvalue weighted by atomic mass is 9.83. The van der Waals surface area contributed by atoms with Crippen molar-refractivity contribution in [1.82, 2.24) is 9.97 Å². The quantitative estimate of drug-likeness (QED) is 0.609. The average molecular weight is 412 g/mol. The molecule has 0 radical (unpaired) electrons. The molecule has 0 saturated heterocycles. The van der Waals surface area contributed by atoms with Gasteiger partial charge in [-0.25, -0.2) is 9.97 Å². The number of benzene rings is 1. The summed E-state index contributed by atoms with van der Waals surface area (Å²) in [7, 11) is 0. The first-order valence-corrected chi connectivity index (χ1v) is 8.55. The van der Waals surface area contributed by atoms with Crippen molar-refractivity contribution in [2.24, 2.45) is 0 Å². The molecule has 0 amide bonds. The van der Waals surface area contributed by atoms with Crippen LogP contribution in [0.5, 0.6) is 0 Å². The smallest absolute Gasteiger partial charge is 0.135 e. The summed E-state index contributed by atoms with van der Waals surface area (Å²) < 4.78 is 1.61. The lowest BCUT2D eigenvalue weighted by Gasteiger charge is -2.22. The summed E-state index contributed by atoms with van der Waals surface area (Å²) in [5, 5.41) is 0. The van der Waals surface area contributed by atoms with Gasteiger partial charge in [-0.3, -0.25) is 0 Å². The number of halogens is 2. The first-order chi connectivity index (χ1) is 9.66. The van der Waals surface area contributed by atoms with Gasteiger partial charge < -0.3 is 0 Å². The van der Waals surface area contributed by atoms with E-state index in [1.165, 1.54) is 22.3 Å². The van der Waals surface area contributed by atoms with Gasteiger partial charge in [0.05, 0.1) is 0 Å². The van der Waals surface area contributed by atoms with Crippen LogP contribution in [0.15, 0.2) is 27.4 Å². The SMILES string of the molecule is Cc1cc(C(C)(C)C)cc(C)c1Cc1nc(Br)cc(Br)n1. The van der Waals surface area contributed by atoms with Gasteiger partial charge in [-0.15, -0.1) is 0 Å². The largest absolute Gasteiger partial charge is 0.226 e. The van der Waals surface area contributed by atoms with Gasteiger partial charge in [0.2, 0.25) is 0 Å². The second-order valence-corrected chi connectivity index (χ2v) is 8.07. The fourth-order valence-corrected chi connectivity index (χ4v) is 3.53. The highest BCUT2D eigenvalue weighted by atomic mass is 79.9. The molecule has 0 fully saturated rings. The number of aromatic nitrogens is 2. The summed E-state index contributed by atoms with van der Waals surface area (Å²) in [5.41, 5.74) is 5.47. The lowest BCUT2D eigenvalue weighted by Crippen LogP contribution is -2.13. The first kappa shape index (κ1) is 16.6. The molecule has 0 aliphatic carbocycles. The highest BCUT2D eigenvalue weighted by Gasteiger charge is 2.17. The molecule has 112 valence electrons. The fraction of sp³-hybridized carbons (Fsp3) is 0.412. The zero-order valence-corrected chi connectivity index (χ0v) is 16.3. The maximum atomic E-state index is 4.46. The van der Waals surface area contributed by atoms with E-state index >= 15 is 0 Å². The summed E-state index contributed by atoms with van der Waals surface area (Å²) in [5.74, 6) is 0.825. The predicted octanol–water partition coefficient (Wildman–Crippen LogP) is 5.51. The molecule has 2 nitrogen and oxygen atoms in total. The summed E-state index contributed by atoms with van der Waals surface area (Å²) in [4.78, 5) is 8.92. The van der Waals surface area contributed by atoms with Crippen LogP contribution in [-0.2, 0) is 11.8 Å². The van der Waals surface area contributed by atoms with Gasteiger partial charge >= 0.3 is 0 Å². The molecule has 0 bridgehead atoms. The van der Waals surface area contributed by atoms with E-state index in [2.05, 4.69) is 88.6 Å². The number of aryl methyl sites for hydroxylation is 2. The molecule has 0 spiro atoms. The maximum Gasteiger partial charge on any atom is 0.135 e. The third-order valence-corrected chi connectivity index (χ3v) is 4.42. The average Bonchev–Trinajstić information content (AvgIpc) is 2.31. The predicted molar refractivity (Wildman–Crippen MR) is 94.9 cm³/mol. The molecule has 0 aliphatic rings. The van der Waals surface area contributed by atoms with E-state index in [1.54, 1.807) is 0 Å². The Morgan fingerprint density at radius 1 is 0.905 bits per heavy atom. The van der Waals surface area contributed by atoms with Crippen LogP contribution in [0.3, 0.4) is 0 Å². The van der Waals surface area contributed by atoms with E-state index in [0.717, 1.165) is 21.5 Å². The van der Waals surface area contributed by atoms with Crippen LogP contribution in [0.2, 0.25) is 0 Å². The number of rotatable bonds is 2. The van der Waals surface area contributed by atoms with Crippen LogP contribution in [0.1, 0.15) is 48.8 Å². The lowest BCUT2D eigenvalue weighted by molar-refractivity contribution is 0.588. The van der Waals surface area contributed by atoms with E-state index < -0.39 is 0 Å². The van der Waals surface area contributed by atoms with Gasteiger partial charge in [0, 0.05) is 12.5 Å². The summed E-state index contributed by atoms with van der Waals surface area (Å²) in [6.45, 7) is 11.1. The molecular weight excluding hydrogens is 392 g/mol. The van der Waals surface area contributed by atoms with Crippen molar-refractivity contribution in [3.05, 3.63) is 55.5 Å². The van der Waals surface area contributed by atoms with Crippen LogP contribution in [0, 0.1) is 13.8 Å². The van der Waals surface area contributed by atoms with Crippen LogP contribution < -0.4 is 0 Å². The topological polar surface area (TPSA) is 25.8 Å². The summed E-state index contributed by atoms with van der Waals surface area (Å²) in [6, 6.07) is 6.43. The molecule has 0 saturated carbocycles. The molecular formula is C17H20Br2N2. The van der Waals surface area contributed by atoms with Crippen LogP contribution >= 0.6 is 31.9 Å². The Labute approximate surface area is 143 Å². The molecule has 2 aromatic rings. The first-order valence-electron chi connectivity index (χ1n) is 6.96. The van der Waals surface area contributed by atoms with Gasteiger partial charge in [0.25, 0.3) is 0 Å². The minimum absolute atomic E-state index is 0.170. The molecule has 1 aromatic carbocycles. The number of nitrogens with zero attached hydrogens (tertiary/aromatic N) is 2. The van der Waals surface area contributed by atoms with Crippen LogP contribution in [0.25, 0.3) is 0 Å². The standard InChI is InChI=1S/C17H20Br2N2/c1-10-6-12(17(3,4)5)7-11(2)13(10)8-16-20-14(18)9-15(19)21-16/h6-7,9H,8H2,1-5H3. The zero-order chi connectivity index (χ0) is 15.8. The Kier molecular flexibility index (Phi) is 4.89. The van der Waals surface area contributed by atoms with Gasteiger partial charge in [0.1, 0.15) is 15.0 Å². The van der Waals surface area contributed by atoms with Crippen molar-refractivity contribution in [3.8, 4) is 0 Å². The Morgan fingerprint density at radius 2 is 1.38 bits per heavy atom. The van der Waals surface area contributed by atoms with Crippen molar-refractivity contribution in [2.45, 2.75) is 46.5 Å². The minimum atomic E-state index is 0.170. The molecule has 1 heterocycles. The van der Waals surface area contributed by atoms with Crippen molar-refractivity contribution < 1.29 is 0 Å². The van der Waals surface area contributed by atoms with Crippen LogP contribution in [-0.4, -0.2) is 9.97 Å². The van der Waals surface area contributed by atoms with Gasteiger partial charge in [-0.05, 0) is 73.4 Å². The molecule has 1 aromatic heterocycles. The van der Waals surface area contributed by atoms with E-state index in [4.69, 9.17) is 0 Å². The minimum Gasteiger partial charge on any atom is -0.226 e. The third-order valence-electron chi connectivity index (χ3n) is 3.61. The van der Waals surface area contributed by atoms with Crippen molar-refractivity contribution in [2.75, 3.05) is 0 Å². The van der Waals surface area contributed by atoms with Gasteiger partial charge in [-0.2, -0.15) is 0 Å². The highest BCUT2D eigenvalue weighted by molar-refractivity contribution is 9.11. The Bertz CT molecular complexity index is 630. The number of hydrogen-bond donors (Lipinski definition) is 0. The third kappa shape index (κ3) is 4.13. The van der Waals surface area contributed by atoms with Crippen molar-refractivity contribution in [3.63, 3.8) is 0 Å². The van der Waals surface area contributed by atoms with Crippen molar-refractivity contribution >= 4 is 31.9 Å². The van der Waals surface area contributed by atoms with E-state index in [1.807, 2.05) is 6.07 Å². The zero-order valence-electron chi connectivity index (χ0n) is 13.1.